The zero-order chi connectivity index (χ0) is 42.8. The first-order valence-electron chi connectivity index (χ1n) is 21.5. The van der Waals surface area contributed by atoms with Crippen molar-refractivity contribution in [1.82, 2.24) is 34.2 Å². The highest BCUT2D eigenvalue weighted by Gasteiger charge is 2.26. The van der Waals surface area contributed by atoms with Crippen LogP contribution in [0.1, 0.15) is 5.56 Å². The number of hydrogen-bond acceptors (Lipinski definition) is 6. The van der Waals surface area contributed by atoms with E-state index in [1.807, 2.05) is 97.1 Å². The Morgan fingerprint density at radius 3 is 1.52 bits per heavy atom. The molecule has 0 amide bonds. The Labute approximate surface area is 371 Å². The molecule has 0 saturated heterocycles. The maximum atomic E-state index is 6.51. The van der Waals surface area contributed by atoms with Crippen LogP contribution in [0.25, 0.3) is 112 Å². The molecule has 65 heavy (non-hydrogen) atoms. The third-order valence-corrected chi connectivity index (χ3v) is 12.2. The van der Waals surface area contributed by atoms with Crippen LogP contribution in [0.5, 0.6) is 0 Å². The van der Waals surface area contributed by atoms with E-state index in [2.05, 4.69) is 114 Å². The predicted octanol–water partition coefficient (Wildman–Crippen LogP) is 11.0. The molecule has 302 valence electrons. The van der Waals surface area contributed by atoms with E-state index in [0.717, 1.165) is 71.8 Å². The third kappa shape index (κ3) is 6.24. The van der Waals surface area contributed by atoms with Gasteiger partial charge in [0.1, 0.15) is 16.4 Å². The van der Waals surface area contributed by atoms with Crippen molar-refractivity contribution in [3.8, 4) is 62.5 Å². The average Bonchev–Trinajstić information content (AvgIpc) is 4.07. The minimum absolute atomic E-state index is 0.531. The van der Waals surface area contributed by atoms with Crippen LogP contribution in [0, 0.1) is 0 Å². The van der Waals surface area contributed by atoms with Gasteiger partial charge in [-0.3, -0.25) is 0 Å². The molecule has 0 spiro atoms. The summed E-state index contributed by atoms with van der Waals surface area (Å²) < 4.78 is 13.7. The summed E-state index contributed by atoms with van der Waals surface area (Å²) in [6, 6.07) is 68.5. The summed E-state index contributed by atoms with van der Waals surface area (Å²) in [5, 5.41) is 5.55. The summed E-state index contributed by atoms with van der Waals surface area (Å²) in [4.78, 5) is 25.5. The molecule has 8 nitrogen and oxygen atoms in total. The quantitative estimate of drug-likeness (QED) is 0.148. The molecule has 1 aliphatic heterocycles. The van der Waals surface area contributed by atoms with E-state index < -0.39 is 0 Å². The number of fused-ring (bicyclic) bond motifs is 7. The molecule has 8 aromatic carbocycles. The van der Waals surface area contributed by atoms with Gasteiger partial charge < -0.3 is 8.98 Å². The number of furan rings is 1. The molecule has 5 heterocycles. The van der Waals surface area contributed by atoms with Crippen LogP contribution in [0.2, 0.25) is 0 Å². The van der Waals surface area contributed by atoms with Gasteiger partial charge in [-0.15, -0.1) is 0 Å². The van der Waals surface area contributed by atoms with Gasteiger partial charge in [0, 0.05) is 44.3 Å². The Morgan fingerprint density at radius 2 is 0.892 bits per heavy atom. The van der Waals surface area contributed by atoms with Gasteiger partial charge in [0.25, 0.3) is 0 Å². The Bertz CT molecular complexity index is 3970. The summed E-state index contributed by atoms with van der Waals surface area (Å²) >= 11 is 0. The van der Waals surface area contributed by atoms with Gasteiger partial charge in [-0.2, -0.15) is 0 Å². The van der Waals surface area contributed by atoms with E-state index in [1.165, 1.54) is 10.8 Å². The first-order chi connectivity index (χ1) is 32.2. The van der Waals surface area contributed by atoms with Crippen molar-refractivity contribution >= 4 is 55.5 Å². The lowest BCUT2D eigenvalue weighted by Crippen LogP contribution is -2.19. The van der Waals surface area contributed by atoms with Crippen molar-refractivity contribution in [1.29, 1.82) is 0 Å². The summed E-state index contributed by atoms with van der Waals surface area (Å²) in [5.74, 6) is 2.31. The number of hydrogen-bond donors (Lipinski definition) is 0. The fraction of sp³-hybridized carbons (Fsp3) is 0. The number of para-hydroxylation sites is 2. The summed E-state index contributed by atoms with van der Waals surface area (Å²) in [6.45, 7) is 0. The van der Waals surface area contributed by atoms with Crippen LogP contribution in [-0.2, 0) is 0 Å². The highest BCUT2D eigenvalue weighted by atomic mass is 16.3. The van der Waals surface area contributed by atoms with Gasteiger partial charge in [-0.05, 0) is 70.0 Å². The molecule has 4 aromatic heterocycles. The van der Waals surface area contributed by atoms with Crippen molar-refractivity contribution in [3.63, 3.8) is 0 Å². The summed E-state index contributed by atoms with van der Waals surface area (Å²) in [6.07, 6.45) is 2.06. The van der Waals surface area contributed by atoms with Gasteiger partial charge in [0.15, 0.2) is 28.9 Å². The second kappa shape index (κ2) is 14.8. The molecule has 12 aromatic rings. The molecule has 0 saturated carbocycles. The lowest BCUT2D eigenvalue weighted by molar-refractivity contribution is 0.552. The van der Waals surface area contributed by atoms with E-state index in [4.69, 9.17) is 34.0 Å². The largest absolute Gasteiger partial charge is 0.503 e. The monoisotopic (exact) mass is 832 g/mol. The molecule has 8 heteroatoms. The van der Waals surface area contributed by atoms with Crippen LogP contribution < -0.4 is 15.4 Å². The van der Waals surface area contributed by atoms with Crippen LogP contribution in [0.3, 0.4) is 0 Å². The average molecular weight is 833 g/mol. The van der Waals surface area contributed by atoms with Gasteiger partial charge in [-0.25, -0.2) is 24.9 Å². The minimum atomic E-state index is 0.531. The predicted molar refractivity (Wildman–Crippen MR) is 260 cm³/mol. The first-order valence-corrected chi connectivity index (χ1v) is 21.5. The van der Waals surface area contributed by atoms with E-state index in [0.29, 0.717) is 45.6 Å². The van der Waals surface area contributed by atoms with Crippen LogP contribution >= 0.6 is 0 Å². The molecule has 0 aliphatic carbocycles. The Hall–Kier alpha value is -9.10. The molecule has 0 N–H and O–H groups in total. The second-order valence-corrected chi connectivity index (χ2v) is 16.1. The van der Waals surface area contributed by atoms with Crippen molar-refractivity contribution in [3.05, 3.63) is 217 Å². The normalized spacial score (nSPS) is 12.1. The molecular formula is C57H34N7O+. The van der Waals surface area contributed by atoms with Crippen molar-refractivity contribution in [2.24, 2.45) is 0 Å². The van der Waals surface area contributed by atoms with Crippen LogP contribution in [0.4, 0.5) is 0 Å². The Morgan fingerprint density at radius 1 is 0.400 bits per heavy atom. The van der Waals surface area contributed by atoms with Gasteiger partial charge in [0.2, 0.25) is 0 Å². The lowest BCUT2D eigenvalue weighted by Gasteiger charge is -2.11. The highest BCUT2D eigenvalue weighted by molar-refractivity contribution is 6.21. The summed E-state index contributed by atoms with van der Waals surface area (Å²) in [7, 11) is 0. The van der Waals surface area contributed by atoms with E-state index >= 15 is 0 Å². The third-order valence-electron chi connectivity index (χ3n) is 12.2. The molecule has 13 rings (SSSR count). The Kier molecular flexibility index (Phi) is 8.31. The number of rotatable bonds is 7. The smallest absolute Gasteiger partial charge is 0.387 e. The highest BCUT2D eigenvalue weighted by Crippen LogP contribution is 2.34. The number of nitrogens with zero attached hydrogens (tertiary/aromatic N) is 7. The van der Waals surface area contributed by atoms with Gasteiger partial charge >= 0.3 is 11.3 Å². The van der Waals surface area contributed by atoms with E-state index in [1.54, 1.807) is 0 Å². The molecular weight excluding hydrogens is 799 g/mol. The maximum absolute atomic E-state index is 6.51. The molecule has 0 radical (unpaired) electrons. The summed E-state index contributed by atoms with van der Waals surface area (Å²) in [5.41, 5.74) is 12.2. The van der Waals surface area contributed by atoms with E-state index in [-0.39, 0.29) is 0 Å². The van der Waals surface area contributed by atoms with Crippen molar-refractivity contribution < 1.29 is 4.42 Å². The SMILES string of the molecule is C1=c2c(oc3c(-c4ccc5ccccc5c4)nc(-c4ccc(-c5nc(-c6ccccc6)nc(-c6ccc(-n7c8ccccc8c8ccccc87)cc6)n5)cc4)nc23)=[N+]=C1c1ccccc1. The molecule has 0 bridgehead atoms. The van der Waals surface area contributed by atoms with Crippen LogP contribution in [0.15, 0.2) is 205 Å². The standard InChI is InChI=1S/C57H34N7O/c1-3-14-36(15-4-1)47-34-46-51-52(65-57(46)58-47)50(42-28-23-35-13-7-8-18-41(35)33-42)59-53(60-51)38-24-26-39(27-25-38)55-61-54(37-16-5-2-6-17-37)62-56(63-55)40-29-31-43(32-30-40)64-48-21-11-9-19-44(48)45-20-10-12-22-49(45)64/h1-34H/q+1. The Balaban J connectivity index is 0.908. The van der Waals surface area contributed by atoms with Gasteiger partial charge in [0.05, 0.1) is 22.7 Å². The lowest BCUT2D eigenvalue weighted by atomic mass is 10.0. The molecule has 0 unspecified atom stereocenters. The van der Waals surface area contributed by atoms with Crippen molar-refractivity contribution in [2.45, 2.75) is 0 Å². The molecule has 0 fully saturated rings. The van der Waals surface area contributed by atoms with Crippen LogP contribution in [-0.4, -0.2) is 35.2 Å². The number of aromatic nitrogens is 6. The molecule has 1 aliphatic rings. The van der Waals surface area contributed by atoms with E-state index in [9.17, 15) is 0 Å². The van der Waals surface area contributed by atoms with Gasteiger partial charge in [-0.1, -0.05) is 146 Å². The zero-order valence-electron chi connectivity index (χ0n) is 34.7. The van der Waals surface area contributed by atoms with Crippen molar-refractivity contribution in [2.75, 3.05) is 0 Å². The maximum Gasteiger partial charge on any atom is 0.503 e. The minimum Gasteiger partial charge on any atom is -0.387 e. The zero-order valence-corrected chi connectivity index (χ0v) is 34.7. The fourth-order valence-electron chi connectivity index (χ4n) is 8.97. The number of benzene rings is 8. The topological polar surface area (TPSA) is 96.6 Å². The first kappa shape index (κ1) is 36.5. The fourth-order valence-corrected chi connectivity index (χ4v) is 8.97. The molecule has 0 atom stereocenters. The second-order valence-electron chi connectivity index (χ2n) is 16.1.